The molecule has 160 valence electrons. The fourth-order valence-electron chi connectivity index (χ4n) is 3.22. The van der Waals surface area contributed by atoms with Crippen molar-refractivity contribution in [3.63, 3.8) is 0 Å². The molecule has 2 atom stereocenters. The Kier molecular flexibility index (Phi) is 8.70. The van der Waals surface area contributed by atoms with E-state index in [9.17, 15) is 18.0 Å². The molecule has 1 aromatic carbocycles. The van der Waals surface area contributed by atoms with Crippen LogP contribution in [-0.2, 0) is 19.6 Å². The van der Waals surface area contributed by atoms with E-state index in [-0.39, 0.29) is 23.2 Å². The molecule has 29 heavy (non-hydrogen) atoms. The van der Waals surface area contributed by atoms with Gasteiger partial charge in [0.25, 0.3) is 10.0 Å². The van der Waals surface area contributed by atoms with Crippen LogP contribution in [0, 0.1) is 11.8 Å². The van der Waals surface area contributed by atoms with E-state index in [0.717, 1.165) is 32.1 Å². The normalized spacial score (nSPS) is 18.1. The number of sulfonamides is 1. The van der Waals surface area contributed by atoms with E-state index in [1.54, 1.807) is 24.3 Å². The monoisotopic (exact) mass is 422 g/mol. The topological polar surface area (TPSA) is 113 Å². The number of carbonyl (C=O) groups excluding carboxylic acids is 1. The summed E-state index contributed by atoms with van der Waals surface area (Å²) in [6.45, 7) is 4.26. The number of para-hydroxylation sites is 1. The van der Waals surface area contributed by atoms with Crippen LogP contribution in [0.5, 0.6) is 0 Å². The van der Waals surface area contributed by atoms with Crippen molar-refractivity contribution >= 4 is 27.6 Å². The van der Waals surface area contributed by atoms with Crippen molar-refractivity contribution in [2.75, 3.05) is 11.9 Å². The average molecular weight is 423 g/mol. The van der Waals surface area contributed by atoms with E-state index < -0.39 is 21.9 Å². The third kappa shape index (κ3) is 7.53. The van der Waals surface area contributed by atoms with Gasteiger partial charge in [-0.15, -0.1) is 6.58 Å². The van der Waals surface area contributed by atoms with Crippen LogP contribution in [0.3, 0.4) is 0 Å². The van der Waals surface area contributed by atoms with Crippen molar-refractivity contribution in [2.45, 2.75) is 56.3 Å². The Balaban J connectivity index is 1.77. The number of nitrogens with one attached hydrogen (secondary N) is 2. The number of hydrogen-bond donors (Lipinski definition) is 3. The molecule has 8 heteroatoms. The summed E-state index contributed by atoms with van der Waals surface area (Å²) in [6.07, 6.45) is 8.03. The maximum absolute atomic E-state index is 12.6. The summed E-state index contributed by atoms with van der Waals surface area (Å²) in [4.78, 5) is 22.6. The number of carboxylic acids is 1. The van der Waals surface area contributed by atoms with Gasteiger partial charge in [-0.2, -0.15) is 0 Å². The zero-order chi connectivity index (χ0) is 21.3. The highest BCUT2D eigenvalue weighted by Crippen LogP contribution is 2.39. The standard InChI is InChI=1S/C21H30N2O5S/c1-2-16-15-17(16)21(26)23-29(27,28)19-12-9-8-11-18(19)22-14-10-6-4-3-5-7-13-20(24)25/h2,8-9,11-12,16-17,22H,1,3-7,10,13-15H2,(H,23,26)(H,24,25)/t16-,17+/m1/s1. The van der Waals surface area contributed by atoms with Crippen LogP contribution in [-0.4, -0.2) is 31.9 Å². The molecule has 0 heterocycles. The molecule has 2 rings (SSSR count). The number of hydrogen-bond acceptors (Lipinski definition) is 5. The van der Waals surface area contributed by atoms with Crippen LogP contribution in [0.1, 0.15) is 51.4 Å². The number of rotatable bonds is 14. The Hall–Kier alpha value is -2.35. The molecule has 3 N–H and O–H groups in total. The van der Waals surface area contributed by atoms with E-state index >= 15 is 0 Å². The molecular formula is C21H30N2O5S. The lowest BCUT2D eigenvalue weighted by molar-refractivity contribution is -0.137. The molecule has 0 bridgehead atoms. The number of carbonyl (C=O) groups is 2. The summed E-state index contributed by atoms with van der Waals surface area (Å²) in [5.74, 6) is -1.48. The summed E-state index contributed by atoms with van der Waals surface area (Å²) in [5, 5.41) is 11.7. The number of unbranched alkanes of at least 4 members (excludes halogenated alkanes) is 5. The smallest absolute Gasteiger partial charge is 0.303 e. The van der Waals surface area contributed by atoms with Gasteiger partial charge in [0.05, 0.1) is 5.69 Å². The molecule has 0 radical (unpaired) electrons. The minimum atomic E-state index is -3.94. The molecule has 1 aliphatic rings. The summed E-state index contributed by atoms with van der Waals surface area (Å²) in [5.41, 5.74) is 0.477. The molecule has 1 saturated carbocycles. The van der Waals surface area contributed by atoms with Crippen molar-refractivity contribution in [1.82, 2.24) is 4.72 Å². The minimum Gasteiger partial charge on any atom is -0.481 e. The Morgan fingerprint density at radius 3 is 2.41 bits per heavy atom. The van der Waals surface area contributed by atoms with Gasteiger partial charge in [0.15, 0.2) is 0 Å². The number of aliphatic carboxylic acids is 1. The van der Waals surface area contributed by atoms with Crippen molar-refractivity contribution in [3.05, 3.63) is 36.9 Å². The van der Waals surface area contributed by atoms with E-state index in [4.69, 9.17) is 5.11 Å². The van der Waals surface area contributed by atoms with E-state index in [0.29, 0.717) is 25.1 Å². The SMILES string of the molecule is C=C[C@@H]1C[C@@H]1C(=O)NS(=O)(=O)c1ccccc1NCCCCCCCCC(=O)O. The first-order chi connectivity index (χ1) is 13.8. The predicted molar refractivity (Wildman–Crippen MR) is 112 cm³/mol. The first-order valence-electron chi connectivity index (χ1n) is 10.1. The number of anilines is 1. The highest BCUT2D eigenvalue weighted by molar-refractivity contribution is 7.90. The van der Waals surface area contributed by atoms with Gasteiger partial charge in [0, 0.05) is 18.9 Å². The number of allylic oxidation sites excluding steroid dienone is 1. The number of carboxylic acid groups (broad SMARTS) is 1. The number of benzene rings is 1. The van der Waals surface area contributed by atoms with Crippen LogP contribution in [0.15, 0.2) is 41.8 Å². The lowest BCUT2D eigenvalue weighted by Crippen LogP contribution is -2.32. The third-order valence-electron chi connectivity index (χ3n) is 5.02. The highest BCUT2D eigenvalue weighted by atomic mass is 32.2. The largest absolute Gasteiger partial charge is 0.481 e. The van der Waals surface area contributed by atoms with Crippen LogP contribution in [0.25, 0.3) is 0 Å². The van der Waals surface area contributed by atoms with Crippen LogP contribution in [0.2, 0.25) is 0 Å². The molecular weight excluding hydrogens is 392 g/mol. The predicted octanol–water partition coefficient (Wildman–Crippen LogP) is 3.54. The summed E-state index contributed by atoms with van der Waals surface area (Å²) in [6, 6.07) is 6.55. The first-order valence-corrected chi connectivity index (χ1v) is 11.6. The van der Waals surface area contributed by atoms with Crippen LogP contribution in [0.4, 0.5) is 5.69 Å². The van der Waals surface area contributed by atoms with Crippen molar-refractivity contribution < 1.29 is 23.1 Å². The van der Waals surface area contributed by atoms with Crippen molar-refractivity contribution in [2.24, 2.45) is 11.8 Å². The van der Waals surface area contributed by atoms with Gasteiger partial charge < -0.3 is 10.4 Å². The van der Waals surface area contributed by atoms with Crippen molar-refractivity contribution in [1.29, 1.82) is 0 Å². The molecule has 0 saturated heterocycles. The Morgan fingerprint density at radius 1 is 1.10 bits per heavy atom. The van der Waals surface area contributed by atoms with Gasteiger partial charge >= 0.3 is 5.97 Å². The van der Waals surface area contributed by atoms with Crippen molar-refractivity contribution in [3.8, 4) is 0 Å². The summed E-state index contributed by atoms with van der Waals surface area (Å²) >= 11 is 0. The average Bonchev–Trinajstić information content (AvgIpc) is 3.46. The molecule has 1 aliphatic carbocycles. The maximum atomic E-state index is 12.6. The Labute approximate surface area is 172 Å². The fraction of sp³-hybridized carbons (Fsp3) is 0.524. The molecule has 1 amide bonds. The Morgan fingerprint density at radius 2 is 1.76 bits per heavy atom. The van der Waals surface area contributed by atoms with E-state index in [1.165, 1.54) is 6.07 Å². The molecule has 7 nitrogen and oxygen atoms in total. The molecule has 0 aliphatic heterocycles. The number of amides is 1. The van der Waals surface area contributed by atoms with Gasteiger partial charge in [-0.1, -0.05) is 43.9 Å². The second-order valence-corrected chi connectivity index (χ2v) is 9.05. The second kappa shape index (κ2) is 11.0. The minimum absolute atomic E-state index is 0.0581. The van der Waals surface area contributed by atoms with E-state index in [2.05, 4.69) is 16.6 Å². The lowest BCUT2D eigenvalue weighted by Gasteiger charge is -2.13. The first kappa shape index (κ1) is 22.9. The zero-order valence-corrected chi connectivity index (χ0v) is 17.4. The van der Waals surface area contributed by atoms with Crippen LogP contribution < -0.4 is 10.0 Å². The highest BCUT2D eigenvalue weighted by Gasteiger charge is 2.42. The van der Waals surface area contributed by atoms with Gasteiger partial charge in [0.2, 0.25) is 5.91 Å². The molecule has 0 aromatic heterocycles. The maximum Gasteiger partial charge on any atom is 0.303 e. The van der Waals surface area contributed by atoms with Gasteiger partial charge in [0.1, 0.15) is 4.90 Å². The molecule has 0 spiro atoms. The van der Waals surface area contributed by atoms with Gasteiger partial charge in [-0.25, -0.2) is 13.1 Å². The van der Waals surface area contributed by atoms with Gasteiger partial charge in [-0.3, -0.25) is 9.59 Å². The lowest BCUT2D eigenvalue weighted by atomic mass is 10.1. The Bertz CT molecular complexity index is 822. The second-order valence-electron chi connectivity index (χ2n) is 7.40. The zero-order valence-electron chi connectivity index (χ0n) is 16.6. The molecule has 1 aromatic rings. The molecule has 0 unspecified atom stereocenters. The molecule has 1 fully saturated rings. The van der Waals surface area contributed by atoms with Crippen LogP contribution >= 0.6 is 0 Å². The van der Waals surface area contributed by atoms with Gasteiger partial charge in [-0.05, 0) is 37.3 Å². The quantitative estimate of drug-likeness (QED) is 0.312. The summed E-state index contributed by atoms with van der Waals surface area (Å²) < 4.78 is 27.5. The summed E-state index contributed by atoms with van der Waals surface area (Å²) in [7, 11) is -3.94. The fourth-order valence-corrected chi connectivity index (χ4v) is 4.43. The van der Waals surface area contributed by atoms with E-state index in [1.807, 2.05) is 0 Å². The third-order valence-corrected chi connectivity index (χ3v) is 6.43.